The van der Waals surface area contributed by atoms with Crippen LogP contribution >= 0.6 is 0 Å². The minimum absolute atomic E-state index is 0.0173. The van der Waals surface area contributed by atoms with Gasteiger partial charge in [0.05, 0.1) is 11.9 Å². The summed E-state index contributed by atoms with van der Waals surface area (Å²) in [4.78, 5) is 0. The van der Waals surface area contributed by atoms with Gasteiger partial charge in [0, 0.05) is 0 Å². The Morgan fingerprint density at radius 2 is 1.52 bits per heavy atom. The molecule has 0 N–H and O–H groups in total. The van der Waals surface area contributed by atoms with E-state index in [-0.39, 0.29) is 17.8 Å². The van der Waals surface area contributed by atoms with Crippen molar-refractivity contribution in [3.05, 3.63) is 34.9 Å². The third-order valence-electron chi connectivity index (χ3n) is 5.39. The average Bonchev–Trinajstić information content (AvgIpc) is 2.43. The first-order valence-electron chi connectivity index (χ1n) is 8.60. The molecule has 1 saturated heterocycles. The van der Waals surface area contributed by atoms with Gasteiger partial charge in [0.1, 0.15) is 0 Å². The molecule has 0 aliphatic carbocycles. The topological polar surface area (TPSA) is 43.4 Å². The molecule has 1 aliphatic heterocycles. The molecule has 2 rings (SSSR count). The molecule has 4 heteroatoms. The highest BCUT2D eigenvalue weighted by molar-refractivity contribution is 7.91. The molecule has 0 spiro atoms. The predicted octanol–water partition coefficient (Wildman–Crippen LogP) is 4.26. The van der Waals surface area contributed by atoms with Crippen molar-refractivity contribution < 1.29 is 13.2 Å². The van der Waals surface area contributed by atoms with Crippen LogP contribution in [0.15, 0.2) is 18.2 Å². The lowest BCUT2D eigenvalue weighted by molar-refractivity contribution is -0.0982. The molecule has 130 valence electrons. The number of benzene rings is 1. The van der Waals surface area contributed by atoms with Crippen molar-refractivity contribution in [2.75, 3.05) is 0 Å². The van der Waals surface area contributed by atoms with Gasteiger partial charge in [-0.2, -0.15) is 0 Å². The molecule has 0 saturated carbocycles. The van der Waals surface area contributed by atoms with Crippen molar-refractivity contribution in [1.29, 1.82) is 0 Å². The van der Waals surface area contributed by atoms with E-state index in [1.54, 1.807) is 0 Å². The second kappa shape index (κ2) is 6.94. The van der Waals surface area contributed by atoms with E-state index in [9.17, 15) is 8.42 Å². The van der Waals surface area contributed by atoms with Gasteiger partial charge in [0.15, 0.2) is 15.3 Å². The van der Waals surface area contributed by atoms with Gasteiger partial charge in [0.25, 0.3) is 0 Å². The third kappa shape index (κ3) is 3.97. The normalized spacial score (nSPS) is 32.0. The summed E-state index contributed by atoms with van der Waals surface area (Å²) in [6.07, 6.45) is 0.883. The summed E-state index contributed by atoms with van der Waals surface area (Å²) >= 11 is 0. The van der Waals surface area contributed by atoms with E-state index in [0.29, 0.717) is 11.8 Å². The molecule has 1 heterocycles. The third-order valence-corrected chi connectivity index (χ3v) is 7.37. The Morgan fingerprint density at radius 3 is 2.04 bits per heavy atom. The van der Waals surface area contributed by atoms with Crippen LogP contribution in [0.4, 0.5) is 0 Å². The molecular formula is C19H30O3S. The Morgan fingerprint density at radius 1 is 0.957 bits per heavy atom. The zero-order valence-electron chi connectivity index (χ0n) is 15.2. The summed E-state index contributed by atoms with van der Waals surface area (Å²) in [5, 5.41) is 0. The van der Waals surface area contributed by atoms with Crippen molar-refractivity contribution in [3.8, 4) is 0 Å². The molecule has 5 unspecified atom stereocenters. The number of rotatable bonds is 4. The Kier molecular flexibility index (Phi) is 5.57. The fourth-order valence-corrected chi connectivity index (χ4v) is 5.84. The molecule has 1 aromatic rings. The van der Waals surface area contributed by atoms with Gasteiger partial charge in [-0.25, -0.2) is 8.42 Å². The maximum absolute atomic E-state index is 13.0. The molecule has 0 bridgehead atoms. The number of aryl methyl sites for hydroxylation is 2. The van der Waals surface area contributed by atoms with Gasteiger partial charge in [-0.15, -0.1) is 0 Å². The zero-order chi connectivity index (χ0) is 17.4. The van der Waals surface area contributed by atoms with E-state index in [2.05, 4.69) is 26.8 Å². The molecule has 0 radical (unpaired) electrons. The van der Waals surface area contributed by atoms with Crippen LogP contribution in [0, 0.1) is 31.6 Å². The molecular weight excluding hydrogens is 308 g/mol. The fraction of sp³-hybridized carbons (Fsp3) is 0.684. The molecule has 5 atom stereocenters. The first-order chi connectivity index (χ1) is 10.7. The number of ether oxygens (including phenoxy) is 1. The van der Waals surface area contributed by atoms with E-state index in [0.717, 1.165) is 23.1 Å². The minimum atomic E-state index is -3.34. The quantitative estimate of drug-likeness (QED) is 0.824. The van der Waals surface area contributed by atoms with Crippen LogP contribution in [-0.4, -0.2) is 20.0 Å². The van der Waals surface area contributed by atoms with Crippen LogP contribution in [0.25, 0.3) is 0 Å². The van der Waals surface area contributed by atoms with Crippen molar-refractivity contribution in [2.45, 2.75) is 65.3 Å². The summed E-state index contributed by atoms with van der Waals surface area (Å²) in [5.74, 6) is 0.807. The molecule has 3 nitrogen and oxygen atoms in total. The monoisotopic (exact) mass is 338 g/mol. The van der Waals surface area contributed by atoms with Gasteiger partial charge < -0.3 is 4.74 Å². The van der Waals surface area contributed by atoms with Crippen LogP contribution in [0.3, 0.4) is 0 Å². The van der Waals surface area contributed by atoms with Crippen molar-refractivity contribution >= 4 is 9.84 Å². The zero-order valence-corrected chi connectivity index (χ0v) is 16.0. The molecule has 1 aliphatic rings. The van der Waals surface area contributed by atoms with Crippen molar-refractivity contribution in [3.63, 3.8) is 0 Å². The van der Waals surface area contributed by atoms with E-state index >= 15 is 0 Å². The van der Waals surface area contributed by atoms with Gasteiger partial charge in [0.2, 0.25) is 0 Å². The summed E-state index contributed by atoms with van der Waals surface area (Å²) in [6, 6.07) is 5.98. The second-order valence-corrected chi connectivity index (χ2v) is 9.41. The lowest BCUT2D eigenvalue weighted by Crippen LogP contribution is -2.48. The van der Waals surface area contributed by atoms with Crippen LogP contribution in [-0.2, 0) is 20.3 Å². The second-order valence-electron chi connectivity index (χ2n) is 7.33. The van der Waals surface area contributed by atoms with E-state index in [1.165, 1.54) is 0 Å². The van der Waals surface area contributed by atoms with Gasteiger partial charge >= 0.3 is 0 Å². The maximum Gasteiger partial charge on any atom is 0.181 e. The SMILES string of the molecule is CCC1OC(S(=O)(=O)Cc2cc(C)cc(C)c2)C(C)C(C)C1C. The maximum atomic E-state index is 13.0. The highest BCUT2D eigenvalue weighted by atomic mass is 32.2. The summed E-state index contributed by atoms with van der Waals surface area (Å²) in [6.45, 7) is 12.4. The Balaban J connectivity index is 2.27. The Hall–Kier alpha value is -0.870. The first-order valence-corrected chi connectivity index (χ1v) is 10.3. The van der Waals surface area contributed by atoms with E-state index in [1.807, 2.05) is 32.9 Å². The summed E-state index contributed by atoms with van der Waals surface area (Å²) < 4.78 is 32.0. The van der Waals surface area contributed by atoms with Gasteiger partial charge in [-0.1, -0.05) is 57.0 Å². The molecule has 1 aromatic carbocycles. The molecule has 1 fully saturated rings. The number of hydrogen-bond acceptors (Lipinski definition) is 3. The van der Waals surface area contributed by atoms with Crippen molar-refractivity contribution in [1.82, 2.24) is 0 Å². The van der Waals surface area contributed by atoms with Crippen LogP contribution in [0.2, 0.25) is 0 Å². The highest BCUT2D eigenvalue weighted by Gasteiger charge is 2.44. The Bertz CT molecular complexity index is 628. The fourth-order valence-electron chi connectivity index (χ4n) is 3.83. The predicted molar refractivity (Wildman–Crippen MR) is 95.0 cm³/mol. The summed E-state index contributed by atoms with van der Waals surface area (Å²) in [5.41, 5.74) is 2.36. The van der Waals surface area contributed by atoms with Gasteiger partial charge in [-0.05, 0) is 43.6 Å². The van der Waals surface area contributed by atoms with Gasteiger partial charge in [-0.3, -0.25) is 0 Å². The summed E-state index contributed by atoms with van der Waals surface area (Å²) in [7, 11) is -3.34. The first kappa shape index (κ1) is 18.5. The molecule has 0 amide bonds. The van der Waals surface area contributed by atoms with E-state index < -0.39 is 15.3 Å². The standard InChI is InChI=1S/C19H30O3S/c1-7-18-15(5)14(4)16(6)19(22-18)23(20,21)11-17-9-12(2)8-13(3)10-17/h8-10,14-16,18-19H,7,11H2,1-6H3. The van der Waals surface area contributed by atoms with Crippen molar-refractivity contribution in [2.24, 2.45) is 17.8 Å². The largest absolute Gasteiger partial charge is 0.358 e. The lowest BCUT2D eigenvalue weighted by atomic mass is 9.79. The minimum Gasteiger partial charge on any atom is -0.358 e. The molecule has 23 heavy (non-hydrogen) atoms. The smallest absolute Gasteiger partial charge is 0.181 e. The van der Waals surface area contributed by atoms with Crippen LogP contribution < -0.4 is 0 Å². The molecule has 0 aromatic heterocycles. The average molecular weight is 339 g/mol. The Labute approximate surface area is 141 Å². The van der Waals surface area contributed by atoms with Crippen LogP contribution in [0.1, 0.15) is 50.8 Å². The van der Waals surface area contributed by atoms with Crippen LogP contribution in [0.5, 0.6) is 0 Å². The lowest BCUT2D eigenvalue weighted by Gasteiger charge is -2.43. The number of hydrogen-bond donors (Lipinski definition) is 0. The highest BCUT2D eigenvalue weighted by Crippen LogP contribution is 2.39. The number of sulfone groups is 1. The van der Waals surface area contributed by atoms with E-state index in [4.69, 9.17) is 4.74 Å².